The van der Waals surface area contributed by atoms with Gasteiger partial charge in [-0.1, -0.05) is 6.07 Å². The van der Waals surface area contributed by atoms with Crippen LogP contribution in [0.4, 0.5) is 0 Å². The van der Waals surface area contributed by atoms with Gasteiger partial charge in [0.2, 0.25) is 5.56 Å². The fourth-order valence-electron chi connectivity index (χ4n) is 1.62. The molecule has 0 aliphatic carbocycles. The van der Waals surface area contributed by atoms with Crippen molar-refractivity contribution >= 4 is 17.2 Å². The van der Waals surface area contributed by atoms with E-state index in [1.54, 1.807) is 30.6 Å². The molecule has 0 saturated carbocycles. The summed E-state index contributed by atoms with van der Waals surface area (Å²) in [4.78, 5) is 24.3. The number of rotatable bonds is 3. The van der Waals surface area contributed by atoms with E-state index in [1.807, 2.05) is 24.4 Å². The summed E-state index contributed by atoms with van der Waals surface area (Å²) in [5.74, 6) is -0.175. The lowest BCUT2D eigenvalue weighted by Gasteiger charge is -2.12. The Morgan fingerprint density at radius 1 is 1.39 bits per heavy atom. The summed E-state index contributed by atoms with van der Waals surface area (Å²) in [6.07, 6.45) is 1.54. The van der Waals surface area contributed by atoms with Crippen LogP contribution in [0, 0.1) is 0 Å². The van der Waals surface area contributed by atoms with Gasteiger partial charge in [-0.2, -0.15) is 0 Å². The zero-order valence-corrected chi connectivity index (χ0v) is 11.0. The molecule has 1 amide bonds. The second kappa shape index (κ2) is 5.18. The van der Waals surface area contributed by atoms with Crippen molar-refractivity contribution in [1.29, 1.82) is 0 Å². The molecule has 2 aromatic rings. The van der Waals surface area contributed by atoms with Crippen LogP contribution >= 0.6 is 11.3 Å². The molecule has 1 N–H and O–H groups in total. The van der Waals surface area contributed by atoms with Gasteiger partial charge in [-0.25, -0.2) is 0 Å². The van der Waals surface area contributed by atoms with Gasteiger partial charge >= 0.3 is 0 Å². The van der Waals surface area contributed by atoms with Crippen LogP contribution in [0.3, 0.4) is 0 Å². The largest absolute Gasteiger partial charge is 0.345 e. The van der Waals surface area contributed by atoms with E-state index in [0.29, 0.717) is 5.56 Å². The molecule has 0 spiro atoms. The topological polar surface area (TPSA) is 51.1 Å². The van der Waals surface area contributed by atoms with Crippen LogP contribution < -0.4 is 10.9 Å². The van der Waals surface area contributed by atoms with Gasteiger partial charge in [-0.3, -0.25) is 9.59 Å². The molecule has 0 bridgehead atoms. The predicted molar refractivity (Wildman–Crippen MR) is 71.9 cm³/mol. The maximum atomic E-state index is 12.0. The minimum atomic E-state index is -0.175. The van der Waals surface area contributed by atoms with Crippen molar-refractivity contribution in [2.75, 3.05) is 0 Å². The fraction of sp³-hybridized carbons (Fsp3) is 0.231. The molecule has 2 rings (SSSR count). The van der Waals surface area contributed by atoms with E-state index in [-0.39, 0.29) is 17.5 Å². The number of hydrogen-bond donors (Lipinski definition) is 1. The number of aromatic nitrogens is 1. The van der Waals surface area contributed by atoms with Gasteiger partial charge in [0, 0.05) is 24.2 Å². The lowest BCUT2D eigenvalue weighted by molar-refractivity contribution is 0.0939. The Labute approximate surface area is 109 Å². The molecule has 2 heterocycles. The lowest BCUT2D eigenvalue weighted by atomic mass is 10.2. The highest BCUT2D eigenvalue weighted by Crippen LogP contribution is 2.18. The van der Waals surface area contributed by atoms with Crippen molar-refractivity contribution in [3.8, 4) is 0 Å². The maximum Gasteiger partial charge on any atom is 0.253 e. The minimum Gasteiger partial charge on any atom is -0.345 e. The summed E-state index contributed by atoms with van der Waals surface area (Å²) in [6.45, 7) is 1.94. The third kappa shape index (κ3) is 2.68. The van der Waals surface area contributed by atoms with E-state index in [1.165, 1.54) is 10.6 Å². The number of hydrogen-bond acceptors (Lipinski definition) is 3. The Balaban J connectivity index is 2.12. The molecule has 0 saturated heterocycles. The Morgan fingerprint density at radius 3 is 2.78 bits per heavy atom. The number of aryl methyl sites for hydroxylation is 1. The van der Waals surface area contributed by atoms with E-state index in [4.69, 9.17) is 0 Å². The predicted octanol–water partition coefficient (Wildman–Crippen LogP) is 1.94. The molecule has 0 fully saturated rings. The monoisotopic (exact) mass is 262 g/mol. The SMILES string of the molecule is CC(NC(=O)c1ccc(=O)n(C)c1)c1cccs1. The zero-order chi connectivity index (χ0) is 13.1. The smallest absolute Gasteiger partial charge is 0.253 e. The summed E-state index contributed by atoms with van der Waals surface area (Å²) in [5, 5.41) is 4.88. The van der Waals surface area contributed by atoms with Gasteiger partial charge in [0.1, 0.15) is 0 Å². The first-order chi connectivity index (χ1) is 8.58. The first-order valence-electron chi connectivity index (χ1n) is 5.59. The van der Waals surface area contributed by atoms with Gasteiger partial charge in [-0.05, 0) is 24.4 Å². The molecule has 18 heavy (non-hydrogen) atoms. The highest BCUT2D eigenvalue weighted by molar-refractivity contribution is 7.10. The molecule has 0 aliphatic heterocycles. The molecule has 0 radical (unpaired) electrons. The molecule has 94 valence electrons. The summed E-state index contributed by atoms with van der Waals surface area (Å²) >= 11 is 1.60. The first kappa shape index (κ1) is 12.6. The Bertz CT molecular complexity index is 602. The highest BCUT2D eigenvalue weighted by atomic mass is 32.1. The first-order valence-corrected chi connectivity index (χ1v) is 6.47. The van der Waals surface area contributed by atoms with Crippen molar-refractivity contribution in [2.24, 2.45) is 7.05 Å². The van der Waals surface area contributed by atoms with Crippen LogP contribution in [-0.4, -0.2) is 10.5 Å². The molecular weight excluding hydrogens is 248 g/mol. The van der Waals surface area contributed by atoms with Gasteiger partial charge < -0.3 is 9.88 Å². The number of nitrogens with zero attached hydrogens (tertiary/aromatic N) is 1. The Kier molecular flexibility index (Phi) is 3.62. The zero-order valence-electron chi connectivity index (χ0n) is 10.2. The summed E-state index contributed by atoms with van der Waals surface area (Å²) in [6, 6.07) is 6.84. The van der Waals surface area contributed by atoms with Gasteiger partial charge in [0.25, 0.3) is 5.91 Å². The molecule has 0 aliphatic rings. The van der Waals surface area contributed by atoms with Crippen LogP contribution in [0.2, 0.25) is 0 Å². The van der Waals surface area contributed by atoms with Gasteiger partial charge in [-0.15, -0.1) is 11.3 Å². The van der Waals surface area contributed by atoms with Crippen LogP contribution in [0.15, 0.2) is 40.6 Å². The second-order valence-corrected chi connectivity index (χ2v) is 5.06. The number of amides is 1. The van der Waals surface area contributed by atoms with Crippen molar-refractivity contribution < 1.29 is 4.79 Å². The Hall–Kier alpha value is -1.88. The normalized spacial score (nSPS) is 12.1. The van der Waals surface area contributed by atoms with Crippen molar-refractivity contribution in [2.45, 2.75) is 13.0 Å². The van der Waals surface area contributed by atoms with Crippen LogP contribution in [0.5, 0.6) is 0 Å². The standard InChI is InChI=1S/C13H14N2O2S/c1-9(11-4-3-7-18-11)14-13(17)10-5-6-12(16)15(2)8-10/h3-9H,1-2H3,(H,14,17). The van der Waals surface area contributed by atoms with E-state index in [0.717, 1.165) is 4.88 Å². The van der Waals surface area contributed by atoms with Crippen LogP contribution in [0.25, 0.3) is 0 Å². The Morgan fingerprint density at radius 2 is 2.17 bits per heavy atom. The number of nitrogens with one attached hydrogen (secondary N) is 1. The molecule has 2 aromatic heterocycles. The van der Waals surface area contributed by atoms with Crippen molar-refractivity contribution in [3.05, 3.63) is 56.6 Å². The maximum absolute atomic E-state index is 12.0. The summed E-state index contributed by atoms with van der Waals surface area (Å²) < 4.78 is 1.39. The van der Waals surface area contributed by atoms with E-state index >= 15 is 0 Å². The molecule has 1 atom stereocenters. The van der Waals surface area contributed by atoms with Crippen molar-refractivity contribution in [1.82, 2.24) is 9.88 Å². The highest BCUT2D eigenvalue weighted by Gasteiger charge is 2.12. The van der Waals surface area contributed by atoms with Crippen molar-refractivity contribution in [3.63, 3.8) is 0 Å². The molecule has 4 nitrogen and oxygen atoms in total. The average Bonchev–Trinajstić information content (AvgIpc) is 2.86. The number of thiophene rings is 1. The number of pyridine rings is 1. The van der Waals surface area contributed by atoms with Gasteiger partial charge in [0.05, 0.1) is 11.6 Å². The molecular formula is C13H14N2O2S. The fourth-order valence-corrected chi connectivity index (χ4v) is 2.35. The van der Waals surface area contributed by atoms with E-state index in [9.17, 15) is 9.59 Å². The quantitative estimate of drug-likeness (QED) is 0.919. The third-order valence-corrected chi connectivity index (χ3v) is 3.72. The number of carbonyl (C=O) groups excluding carboxylic acids is 1. The third-order valence-electron chi connectivity index (χ3n) is 2.67. The van der Waals surface area contributed by atoms with Gasteiger partial charge in [0.15, 0.2) is 0 Å². The van der Waals surface area contributed by atoms with E-state index < -0.39 is 0 Å². The summed E-state index contributed by atoms with van der Waals surface area (Å²) in [7, 11) is 1.63. The van der Waals surface area contributed by atoms with Crippen LogP contribution in [0.1, 0.15) is 28.2 Å². The number of carbonyl (C=O) groups is 1. The average molecular weight is 262 g/mol. The summed E-state index contributed by atoms with van der Waals surface area (Å²) in [5.41, 5.74) is 0.360. The minimum absolute atomic E-state index is 0.0327. The second-order valence-electron chi connectivity index (χ2n) is 4.08. The molecule has 1 unspecified atom stereocenters. The van der Waals surface area contributed by atoms with E-state index in [2.05, 4.69) is 5.32 Å². The molecule has 0 aromatic carbocycles. The molecule has 5 heteroatoms. The van der Waals surface area contributed by atoms with Crippen LogP contribution in [-0.2, 0) is 7.05 Å². The lowest BCUT2D eigenvalue weighted by Crippen LogP contribution is -2.27.